The van der Waals surface area contributed by atoms with Crippen LogP contribution in [0.4, 0.5) is 5.82 Å². The van der Waals surface area contributed by atoms with Crippen LogP contribution < -0.4 is 4.90 Å². The Balaban J connectivity index is 2.00. The van der Waals surface area contributed by atoms with E-state index in [1.54, 1.807) is 12.4 Å². The maximum Gasteiger partial charge on any atom is 0.147 e. The molecule has 0 radical (unpaired) electrons. The van der Waals surface area contributed by atoms with Crippen LogP contribution in [0.5, 0.6) is 0 Å². The molecular formula is C12H20N4O. The first-order valence-corrected chi connectivity index (χ1v) is 6.04. The van der Waals surface area contributed by atoms with Gasteiger partial charge in [0.25, 0.3) is 0 Å². The van der Waals surface area contributed by atoms with Crippen LogP contribution in [-0.2, 0) is 6.61 Å². The Kier molecular flexibility index (Phi) is 3.91. The zero-order valence-electron chi connectivity index (χ0n) is 10.5. The molecule has 1 aromatic heterocycles. The van der Waals surface area contributed by atoms with Gasteiger partial charge in [0.15, 0.2) is 0 Å². The highest BCUT2D eigenvalue weighted by Crippen LogP contribution is 2.19. The van der Waals surface area contributed by atoms with Crippen LogP contribution in [0.3, 0.4) is 0 Å². The topological polar surface area (TPSA) is 52.5 Å². The minimum atomic E-state index is -0.0504. The van der Waals surface area contributed by atoms with Gasteiger partial charge < -0.3 is 14.9 Å². The average molecular weight is 236 g/mol. The lowest BCUT2D eigenvalue weighted by Gasteiger charge is -2.35. The van der Waals surface area contributed by atoms with Crippen LogP contribution in [0.25, 0.3) is 0 Å². The van der Waals surface area contributed by atoms with E-state index in [4.69, 9.17) is 5.11 Å². The van der Waals surface area contributed by atoms with Gasteiger partial charge in [-0.05, 0) is 33.0 Å². The van der Waals surface area contributed by atoms with Crippen LogP contribution >= 0.6 is 0 Å². The number of nitrogens with zero attached hydrogens (tertiary/aromatic N) is 4. The lowest BCUT2D eigenvalue weighted by atomic mass is 10.0. The highest BCUT2D eigenvalue weighted by atomic mass is 16.3. The van der Waals surface area contributed by atoms with E-state index in [0.717, 1.165) is 31.7 Å². The van der Waals surface area contributed by atoms with E-state index in [-0.39, 0.29) is 6.61 Å². The standard InChI is InChI=1S/C12H20N4O/c1-15-5-3-11(4-6-15)16(2)12-8-13-10(9-17)7-14-12/h7-8,11,17H,3-6,9H2,1-2H3. The quantitative estimate of drug-likeness (QED) is 0.828. The molecule has 0 atom stereocenters. The minimum absolute atomic E-state index is 0.0504. The molecule has 1 fully saturated rings. The van der Waals surface area contributed by atoms with Crippen molar-refractivity contribution in [3.63, 3.8) is 0 Å². The van der Waals surface area contributed by atoms with Gasteiger partial charge >= 0.3 is 0 Å². The molecule has 0 spiro atoms. The highest BCUT2D eigenvalue weighted by Gasteiger charge is 2.21. The van der Waals surface area contributed by atoms with Gasteiger partial charge in [-0.1, -0.05) is 0 Å². The Morgan fingerprint density at radius 2 is 2.06 bits per heavy atom. The SMILES string of the molecule is CN1CCC(N(C)c2cnc(CO)cn2)CC1. The number of aliphatic hydroxyl groups is 1. The molecule has 0 bridgehead atoms. The number of hydrogen-bond acceptors (Lipinski definition) is 5. The van der Waals surface area contributed by atoms with E-state index in [1.165, 1.54) is 0 Å². The van der Waals surface area contributed by atoms with Gasteiger partial charge in [0, 0.05) is 13.1 Å². The fourth-order valence-electron chi connectivity index (χ4n) is 2.18. The van der Waals surface area contributed by atoms with Crippen LogP contribution in [-0.4, -0.2) is 53.2 Å². The Bertz CT molecular complexity index is 346. The van der Waals surface area contributed by atoms with Crippen molar-refractivity contribution in [2.45, 2.75) is 25.5 Å². The molecule has 0 aromatic carbocycles. The molecular weight excluding hydrogens is 216 g/mol. The van der Waals surface area contributed by atoms with Crippen molar-refractivity contribution in [1.29, 1.82) is 0 Å². The van der Waals surface area contributed by atoms with Crippen molar-refractivity contribution in [1.82, 2.24) is 14.9 Å². The summed E-state index contributed by atoms with van der Waals surface area (Å²) < 4.78 is 0. The summed E-state index contributed by atoms with van der Waals surface area (Å²) in [5, 5.41) is 8.92. The van der Waals surface area contributed by atoms with E-state index < -0.39 is 0 Å². The molecule has 2 heterocycles. The van der Waals surface area contributed by atoms with Gasteiger partial charge in [-0.25, -0.2) is 4.98 Å². The summed E-state index contributed by atoms with van der Waals surface area (Å²) in [5.74, 6) is 0.886. The molecule has 5 heteroatoms. The van der Waals surface area contributed by atoms with Gasteiger partial charge in [0.1, 0.15) is 5.82 Å². The molecule has 5 nitrogen and oxygen atoms in total. The molecule has 0 saturated carbocycles. The monoisotopic (exact) mass is 236 g/mol. The summed E-state index contributed by atoms with van der Waals surface area (Å²) in [7, 11) is 4.23. The first kappa shape index (κ1) is 12.3. The van der Waals surface area contributed by atoms with Crippen molar-refractivity contribution in [3.05, 3.63) is 18.1 Å². The van der Waals surface area contributed by atoms with Crippen LogP contribution in [0.1, 0.15) is 18.5 Å². The minimum Gasteiger partial charge on any atom is -0.390 e. The lowest BCUT2D eigenvalue weighted by Crippen LogP contribution is -2.42. The average Bonchev–Trinajstić information content (AvgIpc) is 2.39. The fraction of sp³-hybridized carbons (Fsp3) is 0.667. The third-order valence-electron chi connectivity index (χ3n) is 3.45. The summed E-state index contributed by atoms with van der Waals surface area (Å²) in [6.45, 7) is 2.22. The van der Waals surface area contributed by atoms with Crippen molar-refractivity contribution >= 4 is 5.82 Å². The van der Waals surface area contributed by atoms with Crippen LogP contribution in [0, 0.1) is 0 Å². The number of aliphatic hydroxyl groups excluding tert-OH is 1. The first-order chi connectivity index (χ1) is 8.20. The summed E-state index contributed by atoms with van der Waals surface area (Å²) in [6.07, 6.45) is 5.71. The molecule has 1 aromatic rings. The summed E-state index contributed by atoms with van der Waals surface area (Å²) in [5.41, 5.74) is 0.616. The Hall–Kier alpha value is -1.20. The molecule has 94 valence electrons. The number of aromatic nitrogens is 2. The van der Waals surface area contributed by atoms with Crippen molar-refractivity contribution in [3.8, 4) is 0 Å². The molecule has 0 amide bonds. The Labute approximate surface area is 102 Å². The van der Waals surface area contributed by atoms with Crippen molar-refractivity contribution in [2.75, 3.05) is 32.1 Å². The summed E-state index contributed by atoms with van der Waals surface area (Å²) >= 11 is 0. The zero-order chi connectivity index (χ0) is 12.3. The van der Waals surface area contributed by atoms with Gasteiger partial charge in [-0.3, -0.25) is 4.98 Å². The summed E-state index contributed by atoms with van der Waals surface area (Å²) in [4.78, 5) is 13.0. The molecule has 2 rings (SSSR count). The van der Waals surface area contributed by atoms with E-state index >= 15 is 0 Å². The second-order valence-electron chi connectivity index (χ2n) is 4.67. The normalized spacial score (nSPS) is 18.3. The number of rotatable bonds is 3. The first-order valence-electron chi connectivity index (χ1n) is 6.04. The van der Waals surface area contributed by atoms with E-state index in [9.17, 15) is 0 Å². The predicted octanol–water partition coefficient (Wildman–Crippen LogP) is 0.499. The maximum absolute atomic E-state index is 8.92. The van der Waals surface area contributed by atoms with Crippen molar-refractivity contribution in [2.24, 2.45) is 0 Å². The van der Waals surface area contributed by atoms with Gasteiger partial charge in [-0.15, -0.1) is 0 Å². The van der Waals surface area contributed by atoms with Crippen LogP contribution in [0.2, 0.25) is 0 Å². The smallest absolute Gasteiger partial charge is 0.147 e. The van der Waals surface area contributed by atoms with E-state index in [1.807, 2.05) is 0 Å². The van der Waals surface area contributed by atoms with E-state index in [0.29, 0.717) is 11.7 Å². The maximum atomic E-state index is 8.92. The second kappa shape index (κ2) is 5.42. The molecule has 1 N–H and O–H groups in total. The molecule has 0 aliphatic carbocycles. The van der Waals surface area contributed by atoms with Gasteiger partial charge in [0.2, 0.25) is 0 Å². The molecule has 1 saturated heterocycles. The molecule has 0 unspecified atom stereocenters. The van der Waals surface area contributed by atoms with Gasteiger partial charge in [-0.2, -0.15) is 0 Å². The van der Waals surface area contributed by atoms with Gasteiger partial charge in [0.05, 0.1) is 24.7 Å². The predicted molar refractivity (Wildman–Crippen MR) is 66.9 cm³/mol. The number of likely N-dealkylation sites (tertiary alicyclic amines) is 1. The second-order valence-corrected chi connectivity index (χ2v) is 4.67. The Morgan fingerprint density at radius 1 is 1.35 bits per heavy atom. The third kappa shape index (κ3) is 2.92. The zero-order valence-corrected chi connectivity index (χ0v) is 10.5. The highest BCUT2D eigenvalue weighted by molar-refractivity contribution is 5.36. The van der Waals surface area contributed by atoms with Crippen LogP contribution in [0.15, 0.2) is 12.4 Å². The lowest BCUT2D eigenvalue weighted by molar-refractivity contribution is 0.252. The third-order valence-corrected chi connectivity index (χ3v) is 3.45. The Morgan fingerprint density at radius 3 is 2.59 bits per heavy atom. The number of hydrogen-bond donors (Lipinski definition) is 1. The fourth-order valence-corrected chi connectivity index (χ4v) is 2.18. The molecule has 17 heavy (non-hydrogen) atoms. The van der Waals surface area contributed by atoms with E-state index in [2.05, 4.69) is 33.9 Å². The number of anilines is 1. The molecule has 1 aliphatic heterocycles. The van der Waals surface area contributed by atoms with Crippen molar-refractivity contribution < 1.29 is 5.11 Å². The summed E-state index contributed by atoms with van der Waals surface area (Å²) in [6, 6.07) is 0.542. The molecule has 1 aliphatic rings. The number of piperidine rings is 1. The largest absolute Gasteiger partial charge is 0.390 e.